The number of para-hydroxylation sites is 2. The molecule has 10 aromatic carbocycles. The van der Waals surface area contributed by atoms with E-state index in [-0.39, 0.29) is 0 Å². The Kier molecular flexibility index (Phi) is 7.20. The number of nitrogens with zero attached hydrogens (tertiary/aromatic N) is 2. The van der Waals surface area contributed by atoms with Crippen LogP contribution in [0.25, 0.3) is 82.1 Å². The summed E-state index contributed by atoms with van der Waals surface area (Å²) in [5.74, 6) is 0. The monoisotopic (exact) mass is 742 g/mol. The number of aromatic nitrogens is 1. The van der Waals surface area contributed by atoms with Crippen LogP contribution in [0.4, 0.5) is 17.1 Å². The Labute approximate surface area is 334 Å². The van der Waals surface area contributed by atoms with Gasteiger partial charge in [-0.15, -0.1) is 0 Å². The van der Waals surface area contributed by atoms with E-state index in [0.29, 0.717) is 0 Å². The highest BCUT2D eigenvalue weighted by molar-refractivity contribution is 7.99. The number of benzene rings is 10. The van der Waals surface area contributed by atoms with Crippen molar-refractivity contribution in [2.24, 2.45) is 0 Å². The predicted octanol–water partition coefficient (Wildman–Crippen LogP) is 15.5. The summed E-state index contributed by atoms with van der Waals surface area (Å²) in [6, 6.07) is 75.7. The molecule has 0 saturated heterocycles. The minimum absolute atomic E-state index is 1.15. The van der Waals surface area contributed by atoms with Crippen LogP contribution in [-0.2, 0) is 0 Å². The molecule has 0 spiro atoms. The van der Waals surface area contributed by atoms with Crippen molar-refractivity contribution in [1.82, 2.24) is 4.57 Å². The molecular formula is C54H34N2S. The van der Waals surface area contributed by atoms with Gasteiger partial charge in [0.2, 0.25) is 0 Å². The van der Waals surface area contributed by atoms with Gasteiger partial charge in [0, 0.05) is 31.9 Å². The van der Waals surface area contributed by atoms with Crippen LogP contribution in [0.3, 0.4) is 0 Å². The van der Waals surface area contributed by atoms with Crippen LogP contribution in [0, 0.1) is 0 Å². The second kappa shape index (κ2) is 12.7. The van der Waals surface area contributed by atoms with Crippen LogP contribution in [0.15, 0.2) is 216 Å². The van der Waals surface area contributed by atoms with Gasteiger partial charge in [-0.2, -0.15) is 0 Å². The summed E-state index contributed by atoms with van der Waals surface area (Å²) in [4.78, 5) is 4.92. The van der Waals surface area contributed by atoms with Gasteiger partial charge in [0.15, 0.2) is 0 Å². The molecular weight excluding hydrogens is 709 g/mol. The van der Waals surface area contributed by atoms with E-state index in [1.54, 1.807) is 0 Å². The highest BCUT2D eigenvalue weighted by atomic mass is 32.2. The van der Waals surface area contributed by atoms with Gasteiger partial charge < -0.3 is 9.47 Å². The third-order valence-corrected chi connectivity index (χ3v) is 12.8. The van der Waals surface area contributed by atoms with E-state index >= 15 is 0 Å². The molecule has 0 bridgehead atoms. The first-order chi connectivity index (χ1) is 28.3. The maximum atomic E-state index is 2.44. The van der Waals surface area contributed by atoms with Crippen LogP contribution >= 0.6 is 11.8 Å². The first-order valence-corrected chi connectivity index (χ1v) is 20.3. The summed E-state index contributed by atoms with van der Waals surface area (Å²) in [7, 11) is 0. The Bertz CT molecular complexity index is 3360. The summed E-state index contributed by atoms with van der Waals surface area (Å²) < 4.78 is 2.44. The Hall–Kier alpha value is -7.07. The molecule has 0 atom stereocenters. The van der Waals surface area contributed by atoms with Crippen molar-refractivity contribution in [3.05, 3.63) is 206 Å². The standard InChI is InChI=1S/C54H34N2S/c1-2-13-35(14-3-1)36-15-12-16-39(31-36)56-51-23-10-11-24-53(51)57-54-33-38(26-30-52(54)56)37-25-29-50-48(32-37)46-21-8-9-22-49(46)55(50)40-27-28-45-43-19-5-4-17-41(43)42-18-6-7-20-44(42)47(45)34-40/h1-34H. The lowest BCUT2D eigenvalue weighted by Gasteiger charge is -2.33. The first kappa shape index (κ1) is 32.2. The molecule has 2 nitrogen and oxygen atoms in total. The minimum Gasteiger partial charge on any atom is -0.309 e. The number of hydrogen-bond donors (Lipinski definition) is 0. The summed E-state index contributed by atoms with van der Waals surface area (Å²) in [5.41, 5.74) is 12.0. The zero-order valence-electron chi connectivity index (χ0n) is 30.9. The number of fused-ring (bicyclic) bond motifs is 11. The van der Waals surface area contributed by atoms with Crippen molar-refractivity contribution in [2.45, 2.75) is 9.79 Å². The van der Waals surface area contributed by atoms with Gasteiger partial charge in [-0.3, -0.25) is 0 Å². The summed E-state index contributed by atoms with van der Waals surface area (Å²) in [6.07, 6.45) is 0. The van der Waals surface area contributed by atoms with Gasteiger partial charge in [0.05, 0.1) is 22.4 Å². The molecule has 0 N–H and O–H groups in total. The third-order valence-electron chi connectivity index (χ3n) is 11.7. The first-order valence-electron chi connectivity index (χ1n) is 19.5. The van der Waals surface area contributed by atoms with Crippen LogP contribution in [0.2, 0.25) is 0 Å². The lowest BCUT2D eigenvalue weighted by atomic mass is 9.94. The number of hydrogen-bond acceptors (Lipinski definition) is 2. The number of rotatable bonds is 4. The van der Waals surface area contributed by atoms with Crippen molar-refractivity contribution >= 4 is 82.9 Å². The van der Waals surface area contributed by atoms with Crippen LogP contribution in [0.1, 0.15) is 0 Å². The Morgan fingerprint density at radius 2 is 0.860 bits per heavy atom. The van der Waals surface area contributed by atoms with Crippen molar-refractivity contribution in [1.29, 1.82) is 0 Å². The lowest BCUT2D eigenvalue weighted by Crippen LogP contribution is -2.14. The van der Waals surface area contributed by atoms with Crippen molar-refractivity contribution in [3.63, 3.8) is 0 Å². The molecule has 3 heteroatoms. The largest absolute Gasteiger partial charge is 0.309 e. The molecule has 0 unspecified atom stereocenters. The fourth-order valence-corrected chi connectivity index (χ4v) is 10.2. The van der Waals surface area contributed by atoms with E-state index in [1.807, 2.05) is 11.8 Å². The maximum Gasteiger partial charge on any atom is 0.0602 e. The molecule has 1 aliphatic rings. The molecule has 0 radical (unpaired) electrons. The smallest absolute Gasteiger partial charge is 0.0602 e. The fraction of sp³-hybridized carbons (Fsp3) is 0. The quantitative estimate of drug-likeness (QED) is 0.166. The molecule has 0 fully saturated rings. The van der Waals surface area contributed by atoms with Gasteiger partial charge in [-0.1, -0.05) is 151 Å². The SMILES string of the molecule is c1ccc(-c2cccc(N3c4ccccc4Sc4cc(-c5ccc6c(c5)c5ccccc5n6-c5ccc6c7ccccc7c7ccccc7c6c5)ccc43)c2)cc1. The molecule has 1 aliphatic heterocycles. The summed E-state index contributed by atoms with van der Waals surface area (Å²) in [6.45, 7) is 0. The molecule has 0 aliphatic carbocycles. The Morgan fingerprint density at radius 1 is 0.281 bits per heavy atom. The average Bonchev–Trinajstić information content (AvgIpc) is 3.62. The Morgan fingerprint density at radius 3 is 1.67 bits per heavy atom. The van der Waals surface area contributed by atoms with Gasteiger partial charge in [0.1, 0.15) is 0 Å². The van der Waals surface area contributed by atoms with Crippen molar-refractivity contribution in [2.75, 3.05) is 4.90 Å². The lowest BCUT2D eigenvalue weighted by molar-refractivity contribution is 1.17. The summed E-state index contributed by atoms with van der Waals surface area (Å²) >= 11 is 1.85. The van der Waals surface area contributed by atoms with Crippen LogP contribution < -0.4 is 4.90 Å². The van der Waals surface area contributed by atoms with E-state index < -0.39 is 0 Å². The highest BCUT2D eigenvalue weighted by Gasteiger charge is 2.26. The van der Waals surface area contributed by atoms with E-state index in [9.17, 15) is 0 Å². The average molecular weight is 743 g/mol. The molecule has 266 valence electrons. The normalized spacial score (nSPS) is 12.5. The van der Waals surface area contributed by atoms with Crippen LogP contribution in [-0.4, -0.2) is 4.57 Å². The molecule has 57 heavy (non-hydrogen) atoms. The molecule has 0 amide bonds. The molecule has 11 aromatic rings. The topological polar surface area (TPSA) is 8.17 Å². The predicted molar refractivity (Wildman–Crippen MR) is 243 cm³/mol. The van der Waals surface area contributed by atoms with Gasteiger partial charge >= 0.3 is 0 Å². The Balaban J connectivity index is 0.992. The van der Waals surface area contributed by atoms with Crippen molar-refractivity contribution in [3.8, 4) is 27.9 Å². The molecule has 12 rings (SSSR count). The van der Waals surface area contributed by atoms with E-state index in [0.717, 1.165) is 5.69 Å². The van der Waals surface area contributed by atoms with E-state index in [2.05, 4.69) is 216 Å². The molecule has 2 heterocycles. The minimum atomic E-state index is 1.15. The van der Waals surface area contributed by atoms with Gasteiger partial charge in [-0.05, 0) is 121 Å². The van der Waals surface area contributed by atoms with Gasteiger partial charge in [0.25, 0.3) is 0 Å². The van der Waals surface area contributed by atoms with Crippen LogP contribution in [0.5, 0.6) is 0 Å². The zero-order chi connectivity index (χ0) is 37.5. The van der Waals surface area contributed by atoms with Crippen molar-refractivity contribution < 1.29 is 0 Å². The third kappa shape index (κ3) is 5.06. The second-order valence-electron chi connectivity index (χ2n) is 14.9. The molecule has 1 aromatic heterocycles. The maximum absolute atomic E-state index is 2.44. The number of anilines is 3. The fourth-order valence-electron chi connectivity index (χ4n) is 9.14. The molecule has 0 saturated carbocycles. The second-order valence-corrected chi connectivity index (χ2v) is 16.0. The van der Waals surface area contributed by atoms with E-state index in [4.69, 9.17) is 0 Å². The van der Waals surface area contributed by atoms with E-state index in [1.165, 1.54) is 103 Å². The highest BCUT2D eigenvalue weighted by Crippen LogP contribution is 2.52. The van der Waals surface area contributed by atoms with Gasteiger partial charge in [-0.25, -0.2) is 0 Å². The zero-order valence-corrected chi connectivity index (χ0v) is 31.7. The summed E-state index contributed by atoms with van der Waals surface area (Å²) in [5, 5.41) is 10.2.